The average Bonchev–Trinajstić information content (AvgIpc) is 3.55. The quantitative estimate of drug-likeness (QED) is 0.342. The molecule has 38 heavy (non-hydrogen) atoms. The van der Waals surface area contributed by atoms with Gasteiger partial charge in [-0.3, -0.25) is 9.59 Å². The standard InChI is InChI=1S/C28H37N5O4S/c1-19(2)15-17-38(36,37)32-24(18-26(34)33-16-9-14-25(33)21-10-5-4-6-11-21)28(35)29-20(3)27-30-22-12-7-8-13-23(22)31-27/h4-8,10-13,19-20,24-25,32H,9,14-18H2,1-3H3,(H,29,35)(H,30,31)/t20?,24-,25+/m0/s1. The molecule has 1 saturated heterocycles. The van der Waals surface area contributed by atoms with Crippen LogP contribution in [0.25, 0.3) is 11.0 Å². The van der Waals surface area contributed by atoms with Crippen LogP contribution in [0.15, 0.2) is 54.6 Å². The number of carbonyl (C=O) groups excluding carboxylic acids is 2. The Kier molecular flexibility index (Phi) is 8.83. The Morgan fingerprint density at radius 3 is 2.50 bits per heavy atom. The number of H-pyrrole nitrogens is 1. The van der Waals surface area contributed by atoms with Crippen molar-refractivity contribution >= 4 is 32.9 Å². The minimum absolute atomic E-state index is 0.0839. The third-order valence-corrected chi connectivity index (χ3v) is 8.33. The molecule has 0 aliphatic carbocycles. The molecule has 2 heterocycles. The molecule has 0 spiro atoms. The molecule has 204 valence electrons. The largest absolute Gasteiger partial charge is 0.345 e. The summed E-state index contributed by atoms with van der Waals surface area (Å²) in [5.41, 5.74) is 2.65. The lowest BCUT2D eigenvalue weighted by atomic mass is 10.0. The maximum absolute atomic E-state index is 13.5. The van der Waals surface area contributed by atoms with Gasteiger partial charge in [-0.25, -0.2) is 18.1 Å². The number of imidazole rings is 1. The van der Waals surface area contributed by atoms with Crippen LogP contribution in [0.3, 0.4) is 0 Å². The molecular weight excluding hydrogens is 502 g/mol. The fourth-order valence-corrected chi connectivity index (χ4v) is 6.32. The number of carbonyl (C=O) groups is 2. The Balaban J connectivity index is 1.51. The number of aromatic nitrogens is 2. The molecule has 4 rings (SSSR count). The molecular formula is C28H37N5O4S. The van der Waals surface area contributed by atoms with Crippen LogP contribution in [-0.2, 0) is 19.6 Å². The van der Waals surface area contributed by atoms with Crippen molar-refractivity contribution in [3.8, 4) is 0 Å². The van der Waals surface area contributed by atoms with Crippen LogP contribution in [0.1, 0.15) is 69.9 Å². The number of likely N-dealkylation sites (tertiary alicyclic amines) is 1. The zero-order valence-electron chi connectivity index (χ0n) is 22.2. The van der Waals surface area contributed by atoms with Crippen molar-refractivity contribution in [1.29, 1.82) is 0 Å². The number of hydrogen-bond acceptors (Lipinski definition) is 5. The number of benzene rings is 2. The smallest absolute Gasteiger partial charge is 0.239 e. The van der Waals surface area contributed by atoms with Crippen molar-refractivity contribution in [1.82, 2.24) is 24.9 Å². The predicted octanol–water partition coefficient (Wildman–Crippen LogP) is 3.83. The highest BCUT2D eigenvalue weighted by atomic mass is 32.2. The highest BCUT2D eigenvalue weighted by Crippen LogP contribution is 2.32. The molecule has 1 fully saturated rings. The fourth-order valence-electron chi connectivity index (χ4n) is 4.79. The number of nitrogens with one attached hydrogen (secondary N) is 3. The van der Waals surface area contributed by atoms with E-state index in [0.29, 0.717) is 18.8 Å². The number of fused-ring (bicyclic) bond motifs is 1. The minimum atomic E-state index is -3.78. The van der Waals surface area contributed by atoms with Crippen molar-refractivity contribution in [3.05, 3.63) is 66.0 Å². The number of hydrogen-bond donors (Lipinski definition) is 3. The van der Waals surface area contributed by atoms with Crippen molar-refractivity contribution < 1.29 is 18.0 Å². The van der Waals surface area contributed by atoms with E-state index in [-0.39, 0.29) is 30.0 Å². The first kappa shape index (κ1) is 27.8. The van der Waals surface area contributed by atoms with Crippen LogP contribution in [-0.4, -0.2) is 53.4 Å². The molecule has 0 radical (unpaired) electrons. The molecule has 1 aliphatic rings. The number of aromatic amines is 1. The number of nitrogens with zero attached hydrogens (tertiary/aromatic N) is 2. The van der Waals surface area contributed by atoms with Crippen LogP contribution in [0.5, 0.6) is 0 Å². The van der Waals surface area contributed by atoms with E-state index in [1.807, 2.05) is 68.4 Å². The summed E-state index contributed by atoms with van der Waals surface area (Å²) < 4.78 is 28.3. The Morgan fingerprint density at radius 2 is 1.79 bits per heavy atom. The van der Waals surface area contributed by atoms with E-state index in [0.717, 1.165) is 29.4 Å². The van der Waals surface area contributed by atoms with Crippen LogP contribution in [0, 0.1) is 5.92 Å². The minimum Gasteiger partial charge on any atom is -0.345 e. The zero-order chi connectivity index (χ0) is 27.3. The molecule has 0 saturated carbocycles. The summed E-state index contributed by atoms with van der Waals surface area (Å²) in [4.78, 5) is 36.4. The molecule has 2 amide bonds. The predicted molar refractivity (Wildman–Crippen MR) is 148 cm³/mol. The highest BCUT2D eigenvalue weighted by Gasteiger charge is 2.34. The van der Waals surface area contributed by atoms with Crippen LogP contribution in [0.4, 0.5) is 0 Å². The van der Waals surface area contributed by atoms with E-state index in [1.165, 1.54) is 0 Å². The van der Waals surface area contributed by atoms with Gasteiger partial charge in [0, 0.05) is 6.54 Å². The molecule has 10 heteroatoms. The molecule has 0 bridgehead atoms. The molecule has 1 unspecified atom stereocenters. The van der Waals surface area contributed by atoms with E-state index >= 15 is 0 Å². The van der Waals surface area contributed by atoms with Gasteiger partial charge in [0.05, 0.1) is 35.3 Å². The van der Waals surface area contributed by atoms with E-state index in [1.54, 1.807) is 11.8 Å². The lowest BCUT2D eigenvalue weighted by Crippen LogP contribution is -2.50. The average molecular weight is 540 g/mol. The summed E-state index contributed by atoms with van der Waals surface area (Å²) in [5, 5.41) is 2.85. The Hall–Kier alpha value is -3.24. The highest BCUT2D eigenvalue weighted by molar-refractivity contribution is 7.89. The van der Waals surface area contributed by atoms with Crippen molar-refractivity contribution in [2.45, 2.75) is 64.6 Å². The van der Waals surface area contributed by atoms with E-state index in [4.69, 9.17) is 0 Å². The van der Waals surface area contributed by atoms with Gasteiger partial charge in [0.2, 0.25) is 21.8 Å². The third kappa shape index (κ3) is 6.99. The van der Waals surface area contributed by atoms with Crippen LogP contribution in [0.2, 0.25) is 0 Å². The normalized spacial score (nSPS) is 17.6. The van der Waals surface area contributed by atoms with Gasteiger partial charge >= 0.3 is 0 Å². The van der Waals surface area contributed by atoms with Crippen molar-refractivity contribution in [2.75, 3.05) is 12.3 Å². The summed E-state index contributed by atoms with van der Waals surface area (Å²) in [6.07, 6.45) is 1.87. The van der Waals surface area contributed by atoms with Gasteiger partial charge in [-0.2, -0.15) is 0 Å². The van der Waals surface area contributed by atoms with Crippen molar-refractivity contribution in [2.24, 2.45) is 5.92 Å². The number of para-hydroxylation sites is 2. The van der Waals surface area contributed by atoms with Crippen LogP contribution >= 0.6 is 0 Å². The summed E-state index contributed by atoms with van der Waals surface area (Å²) in [6, 6.07) is 15.5. The van der Waals surface area contributed by atoms with Gasteiger partial charge in [0.15, 0.2) is 0 Å². The van der Waals surface area contributed by atoms with Gasteiger partial charge in [-0.05, 0) is 49.8 Å². The van der Waals surface area contributed by atoms with Gasteiger partial charge < -0.3 is 15.2 Å². The molecule has 3 atom stereocenters. The molecule has 2 aromatic carbocycles. The van der Waals surface area contributed by atoms with Gasteiger partial charge in [-0.1, -0.05) is 56.3 Å². The lowest BCUT2D eigenvalue weighted by molar-refractivity contribution is -0.135. The Labute approximate surface area is 224 Å². The van der Waals surface area contributed by atoms with E-state index in [9.17, 15) is 18.0 Å². The Morgan fingerprint density at radius 1 is 1.08 bits per heavy atom. The summed E-state index contributed by atoms with van der Waals surface area (Å²) in [5.74, 6) is -0.187. The molecule has 1 aromatic heterocycles. The summed E-state index contributed by atoms with van der Waals surface area (Å²) >= 11 is 0. The maximum Gasteiger partial charge on any atom is 0.239 e. The molecule has 1 aliphatic heterocycles. The van der Waals surface area contributed by atoms with Crippen LogP contribution < -0.4 is 10.0 Å². The van der Waals surface area contributed by atoms with Crippen molar-refractivity contribution in [3.63, 3.8) is 0 Å². The van der Waals surface area contributed by atoms with Gasteiger partial charge in [0.25, 0.3) is 0 Å². The second-order valence-electron chi connectivity index (χ2n) is 10.4. The number of sulfonamides is 1. The first-order valence-corrected chi connectivity index (χ1v) is 14.9. The molecule has 3 N–H and O–H groups in total. The fraction of sp³-hybridized carbons (Fsp3) is 0.464. The van der Waals surface area contributed by atoms with Gasteiger partial charge in [0.1, 0.15) is 11.9 Å². The topological polar surface area (TPSA) is 124 Å². The second kappa shape index (κ2) is 12.1. The van der Waals surface area contributed by atoms with E-state index < -0.39 is 28.0 Å². The first-order chi connectivity index (χ1) is 18.1. The lowest BCUT2D eigenvalue weighted by Gasteiger charge is -2.27. The molecule has 3 aromatic rings. The maximum atomic E-state index is 13.5. The monoisotopic (exact) mass is 539 g/mol. The number of rotatable bonds is 11. The molecule has 9 nitrogen and oxygen atoms in total. The SMILES string of the molecule is CC(C)CCS(=O)(=O)N[C@@H](CC(=O)N1CCC[C@@H]1c1ccccc1)C(=O)NC(C)c1nc2ccccc2[nH]1. The second-order valence-corrected chi connectivity index (χ2v) is 12.3. The van der Waals surface area contributed by atoms with Gasteiger partial charge in [-0.15, -0.1) is 0 Å². The number of amides is 2. The zero-order valence-corrected chi connectivity index (χ0v) is 23.0. The summed E-state index contributed by atoms with van der Waals surface area (Å²) in [6.45, 7) is 6.22. The van der Waals surface area contributed by atoms with E-state index in [2.05, 4.69) is 20.0 Å². The first-order valence-electron chi connectivity index (χ1n) is 13.2. The third-order valence-electron chi connectivity index (χ3n) is 6.92. The summed E-state index contributed by atoms with van der Waals surface area (Å²) in [7, 11) is -3.78. The Bertz CT molecular complexity index is 1320.